The molecule has 1 unspecified atom stereocenters. The van der Waals surface area contributed by atoms with Crippen molar-refractivity contribution in [1.29, 1.82) is 0 Å². The fourth-order valence-corrected chi connectivity index (χ4v) is 4.07. The van der Waals surface area contributed by atoms with E-state index in [4.69, 9.17) is 4.74 Å². The van der Waals surface area contributed by atoms with Gasteiger partial charge in [0.2, 0.25) is 0 Å². The molecule has 0 aliphatic carbocycles. The molecule has 1 aliphatic heterocycles. The second kappa shape index (κ2) is 9.58. The topological polar surface area (TPSA) is 87.1 Å². The molecule has 180 valence electrons. The van der Waals surface area contributed by atoms with Gasteiger partial charge >= 0.3 is 0 Å². The van der Waals surface area contributed by atoms with Crippen LogP contribution >= 0.6 is 0 Å². The van der Waals surface area contributed by atoms with Crippen molar-refractivity contribution in [3.8, 4) is 11.5 Å². The number of aromatic hydroxyl groups is 1. The van der Waals surface area contributed by atoms with E-state index in [2.05, 4.69) is 0 Å². The summed E-state index contributed by atoms with van der Waals surface area (Å²) in [5.74, 6) is -4.28. The highest BCUT2D eigenvalue weighted by molar-refractivity contribution is 6.51. The molecule has 0 bridgehead atoms. The number of carbonyl (C=O) groups is 2. The fourth-order valence-electron chi connectivity index (χ4n) is 4.07. The number of aryl methyl sites for hydroxylation is 1. The number of aliphatic hydroxyl groups is 1. The van der Waals surface area contributed by atoms with Crippen LogP contribution in [-0.4, -0.2) is 28.5 Å². The first-order valence-electron chi connectivity index (χ1n) is 11.0. The number of ketones is 1. The van der Waals surface area contributed by atoms with Crippen molar-refractivity contribution >= 4 is 23.1 Å². The van der Waals surface area contributed by atoms with Gasteiger partial charge in [0.15, 0.2) is 11.6 Å². The molecule has 35 heavy (non-hydrogen) atoms. The van der Waals surface area contributed by atoms with Gasteiger partial charge < -0.3 is 14.9 Å². The number of anilines is 1. The number of Topliss-reactive ketones (excluding diaryl/α,β-unsaturated/α-hetero) is 1. The maximum absolute atomic E-state index is 14.0. The van der Waals surface area contributed by atoms with Gasteiger partial charge in [-0.25, -0.2) is 8.78 Å². The molecule has 3 aromatic carbocycles. The smallest absolute Gasteiger partial charge is 0.300 e. The van der Waals surface area contributed by atoms with Crippen LogP contribution in [0.15, 0.2) is 66.2 Å². The predicted molar refractivity (Wildman–Crippen MR) is 126 cm³/mol. The number of hydrogen-bond acceptors (Lipinski definition) is 5. The number of phenolic OH excluding ortho intramolecular Hbond substituents is 1. The first kappa shape index (κ1) is 23.9. The van der Waals surface area contributed by atoms with E-state index < -0.39 is 35.1 Å². The van der Waals surface area contributed by atoms with E-state index in [1.165, 1.54) is 24.3 Å². The third-order valence-corrected chi connectivity index (χ3v) is 5.72. The molecule has 4 rings (SSSR count). The van der Waals surface area contributed by atoms with Crippen LogP contribution in [0.5, 0.6) is 11.5 Å². The second-order valence-electron chi connectivity index (χ2n) is 8.19. The molecule has 6 nitrogen and oxygen atoms in total. The SMILES string of the molecule is CCCOc1ccc(/C(O)=C2\C(=O)C(=O)N(c3ccc(F)c(F)c3)C2c2cccc(O)c2)cc1C. The fraction of sp³-hybridized carbons (Fsp3) is 0.185. The Morgan fingerprint density at radius 2 is 1.80 bits per heavy atom. The Morgan fingerprint density at radius 3 is 2.46 bits per heavy atom. The first-order chi connectivity index (χ1) is 16.7. The van der Waals surface area contributed by atoms with Crippen LogP contribution in [0.1, 0.15) is 36.1 Å². The number of phenols is 1. The molecule has 8 heteroatoms. The summed E-state index contributed by atoms with van der Waals surface area (Å²) in [6.45, 7) is 4.28. The molecule has 1 aliphatic rings. The van der Waals surface area contributed by atoms with Gasteiger partial charge in [0.1, 0.15) is 17.3 Å². The van der Waals surface area contributed by atoms with E-state index in [0.29, 0.717) is 23.5 Å². The minimum absolute atomic E-state index is 0.0714. The summed E-state index contributed by atoms with van der Waals surface area (Å²) >= 11 is 0. The lowest BCUT2D eigenvalue weighted by Gasteiger charge is -2.25. The molecule has 1 fully saturated rings. The molecular weight excluding hydrogens is 456 g/mol. The van der Waals surface area contributed by atoms with E-state index >= 15 is 0 Å². The van der Waals surface area contributed by atoms with Crippen LogP contribution in [0.2, 0.25) is 0 Å². The van der Waals surface area contributed by atoms with Crippen LogP contribution < -0.4 is 9.64 Å². The molecule has 0 spiro atoms. The highest BCUT2D eigenvalue weighted by Gasteiger charge is 2.47. The third kappa shape index (κ3) is 4.47. The molecule has 1 saturated heterocycles. The Kier molecular flexibility index (Phi) is 6.55. The maximum Gasteiger partial charge on any atom is 0.300 e. The average molecular weight is 479 g/mol. The number of aliphatic hydroxyl groups excluding tert-OH is 1. The summed E-state index contributed by atoms with van der Waals surface area (Å²) in [6.07, 6.45) is 0.818. The van der Waals surface area contributed by atoms with Crippen LogP contribution in [0.25, 0.3) is 5.76 Å². The Bertz CT molecular complexity index is 1350. The quantitative estimate of drug-likeness (QED) is 0.281. The summed E-state index contributed by atoms with van der Waals surface area (Å²) in [5, 5.41) is 21.2. The third-order valence-electron chi connectivity index (χ3n) is 5.72. The van der Waals surface area contributed by atoms with Gasteiger partial charge in [-0.1, -0.05) is 19.1 Å². The monoisotopic (exact) mass is 479 g/mol. The molecular formula is C27H23F2NO5. The number of ether oxygens (including phenoxy) is 1. The average Bonchev–Trinajstić information content (AvgIpc) is 3.10. The molecule has 1 atom stereocenters. The number of amides is 1. The van der Waals surface area contributed by atoms with E-state index in [0.717, 1.165) is 23.5 Å². The molecule has 3 aromatic rings. The summed E-state index contributed by atoms with van der Waals surface area (Å²) < 4.78 is 33.3. The molecule has 0 saturated carbocycles. The van der Waals surface area contributed by atoms with E-state index in [1.54, 1.807) is 31.2 Å². The van der Waals surface area contributed by atoms with Crippen molar-refractivity contribution in [2.45, 2.75) is 26.3 Å². The van der Waals surface area contributed by atoms with Crippen molar-refractivity contribution in [2.75, 3.05) is 11.5 Å². The zero-order valence-electron chi connectivity index (χ0n) is 19.1. The van der Waals surface area contributed by atoms with Gasteiger partial charge in [-0.05, 0) is 66.9 Å². The van der Waals surface area contributed by atoms with Crippen molar-refractivity contribution in [3.05, 3.63) is 94.6 Å². The molecule has 2 N–H and O–H groups in total. The van der Waals surface area contributed by atoms with Crippen LogP contribution in [0.3, 0.4) is 0 Å². The predicted octanol–water partition coefficient (Wildman–Crippen LogP) is 5.39. The highest BCUT2D eigenvalue weighted by Crippen LogP contribution is 2.43. The number of benzene rings is 3. The summed E-state index contributed by atoms with van der Waals surface area (Å²) in [4.78, 5) is 27.2. The van der Waals surface area contributed by atoms with Crippen LogP contribution in [0.4, 0.5) is 14.5 Å². The number of halogens is 2. The summed E-state index contributed by atoms with van der Waals surface area (Å²) in [5.41, 5.74) is 0.978. The lowest BCUT2D eigenvalue weighted by atomic mass is 9.94. The lowest BCUT2D eigenvalue weighted by Crippen LogP contribution is -2.29. The molecule has 0 aromatic heterocycles. The minimum atomic E-state index is -1.20. The van der Waals surface area contributed by atoms with E-state index in [9.17, 15) is 28.6 Å². The number of nitrogens with zero attached hydrogens (tertiary/aromatic N) is 1. The zero-order chi connectivity index (χ0) is 25.3. The minimum Gasteiger partial charge on any atom is -0.508 e. The number of hydrogen-bond donors (Lipinski definition) is 2. The van der Waals surface area contributed by atoms with Crippen molar-refractivity contribution < 1.29 is 33.3 Å². The van der Waals surface area contributed by atoms with Crippen molar-refractivity contribution in [2.24, 2.45) is 0 Å². The molecule has 0 radical (unpaired) electrons. The standard InChI is InChI=1S/C27H23F2NO5/c1-3-11-35-22-10-7-17(12-15(22)2)25(32)23-24(16-5-4-6-19(31)13-16)30(27(34)26(23)33)18-8-9-20(28)21(29)14-18/h4-10,12-14,24,31-32H,3,11H2,1-2H3/b25-23+. The Hall–Kier alpha value is -4.20. The van der Waals surface area contributed by atoms with Gasteiger partial charge in [-0.3, -0.25) is 14.5 Å². The van der Waals surface area contributed by atoms with Crippen molar-refractivity contribution in [3.63, 3.8) is 0 Å². The maximum atomic E-state index is 14.0. The van der Waals surface area contributed by atoms with E-state index in [-0.39, 0.29) is 22.6 Å². The largest absolute Gasteiger partial charge is 0.508 e. The Morgan fingerprint density at radius 1 is 1.03 bits per heavy atom. The van der Waals surface area contributed by atoms with Gasteiger partial charge in [-0.15, -0.1) is 0 Å². The van der Waals surface area contributed by atoms with Crippen LogP contribution in [0, 0.1) is 18.6 Å². The molecule has 1 amide bonds. The summed E-state index contributed by atoms with van der Waals surface area (Å²) in [7, 11) is 0. The Balaban J connectivity index is 1.89. The zero-order valence-corrected chi connectivity index (χ0v) is 19.1. The summed E-state index contributed by atoms with van der Waals surface area (Å²) in [6, 6.07) is 12.3. The van der Waals surface area contributed by atoms with Gasteiger partial charge in [0.05, 0.1) is 18.2 Å². The van der Waals surface area contributed by atoms with Gasteiger partial charge in [0, 0.05) is 17.3 Å². The Labute approximate surface area is 200 Å². The number of rotatable bonds is 6. The van der Waals surface area contributed by atoms with Gasteiger partial charge in [-0.2, -0.15) is 0 Å². The normalized spacial score (nSPS) is 17.1. The second-order valence-corrected chi connectivity index (χ2v) is 8.19. The van der Waals surface area contributed by atoms with Crippen LogP contribution in [-0.2, 0) is 9.59 Å². The lowest BCUT2D eigenvalue weighted by molar-refractivity contribution is -0.132. The van der Waals surface area contributed by atoms with Crippen molar-refractivity contribution in [1.82, 2.24) is 0 Å². The first-order valence-corrected chi connectivity index (χ1v) is 11.0. The van der Waals surface area contributed by atoms with Gasteiger partial charge in [0.25, 0.3) is 11.7 Å². The molecule has 1 heterocycles. The van der Waals surface area contributed by atoms with E-state index in [1.807, 2.05) is 6.92 Å². The highest BCUT2D eigenvalue weighted by atomic mass is 19.2. The number of carbonyl (C=O) groups excluding carboxylic acids is 2.